The van der Waals surface area contributed by atoms with Crippen molar-refractivity contribution in [1.82, 2.24) is 19.7 Å². The number of ether oxygens (including phenoxy) is 1. The quantitative estimate of drug-likeness (QED) is 0.844. The second-order valence-corrected chi connectivity index (χ2v) is 6.29. The number of piperidine rings is 1. The van der Waals surface area contributed by atoms with Crippen LogP contribution in [0, 0.1) is 0 Å². The number of benzene rings is 1. The molecule has 1 aliphatic rings. The Labute approximate surface area is 142 Å². The van der Waals surface area contributed by atoms with Crippen molar-refractivity contribution in [3.8, 4) is 5.75 Å². The molecule has 2 aromatic rings. The highest BCUT2D eigenvalue weighted by molar-refractivity contribution is 5.76. The smallest absolute Gasteiger partial charge is 0.222 e. The molecule has 24 heavy (non-hydrogen) atoms. The fourth-order valence-electron chi connectivity index (χ4n) is 3.39. The number of amides is 1. The number of methoxy groups -OCH3 is 1. The number of para-hydroxylation sites is 1. The molecule has 0 N–H and O–H groups in total. The van der Waals surface area contributed by atoms with Crippen molar-refractivity contribution in [1.29, 1.82) is 0 Å². The maximum Gasteiger partial charge on any atom is 0.222 e. The van der Waals surface area contributed by atoms with E-state index in [0.29, 0.717) is 12.8 Å². The summed E-state index contributed by atoms with van der Waals surface area (Å²) in [6, 6.07) is 7.88. The zero-order chi connectivity index (χ0) is 16.9. The van der Waals surface area contributed by atoms with Crippen molar-refractivity contribution in [3.63, 3.8) is 0 Å². The number of rotatable bonds is 5. The average Bonchev–Trinajstić information content (AvgIpc) is 3.06. The summed E-state index contributed by atoms with van der Waals surface area (Å²) in [5, 5.41) is 8.17. The number of carbonyl (C=O) groups is 1. The molecule has 1 atom stereocenters. The molecule has 0 spiro atoms. The van der Waals surface area contributed by atoms with Gasteiger partial charge >= 0.3 is 0 Å². The van der Waals surface area contributed by atoms with E-state index in [2.05, 4.69) is 10.2 Å². The Morgan fingerprint density at radius 1 is 1.38 bits per heavy atom. The molecular formula is C18H24N4O2. The van der Waals surface area contributed by atoms with Crippen molar-refractivity contribution in [3.05, 3.63) is 42.0 Å². The number of aromatic nitrogens is 3. The molecular weight excluding hydrogens is 304 g/mol. The molecule has 0 bridgehead atoms. The van der Waals surface area contributed by atoms with Crippen molar-refractivity contribution in [2.75, 3.05) is 20.2 Å². The summed E-state index contributed by atoms with van der Waals surface area (Å²) >= 11 is 0. The van der Waals surface area contributed by atoms with E-state index in [1.165, 1.54) is 0 Å². The molecule has 1 amide bonds. The first-order valence-electron chi connectivity index (χ1n) is 8.42. The molecule has 0 radical (unpaired) electrons. The Balaban J connectivity index is 1.59. The molecule has 1 fully saturated rings. The highest BCUT2D eigenvalue weighted by atomic mass is 16.5. The van der Waals surface area contributed by atoms with E-state index in [0.717, 1.165) is 43.1 Å². The monoisotopic (exact) mass is 328 g/mol. The Bertz CT molecular complexity index is 698. The second-order valence-electron chi connectivity index (χ2n) is 6.29. The summed E-state index contributed by atoms with van der Waals surface area (Å²) in [6.45, 7) is 1.57. The lowest BCUT2D eigenvalue weighted by atomic mass is 9.96. The van der Waals surface area contributed by atoms with Crippen LogP contribution in [0.1, 0.15) is 36.6 Å². The van der Waals surface area contributed by atoms with Gasteiger partial charge in [-0.2, -0.15) is 0 Å². The van der Waals surface area contributed by atoms with Gasteiger partial charge in [0.2, 0.25) is 5.91 Å². The SMILES string of the molecule is COc1ccccc1CCC(=O)N1CCC[C@@H](c2nncn2C)C1. The van der Waals surface area contributed by atoms with Crippen LogP contribution < -0.4 is 4.74 Å². The van der Waals surface area contributed by atoms with Gasteiger partial charge in [-0.15, -0.1) is 10.2 Å². The minimum Gasteiger partial charge on any atom is -0.496 e. The first-order valence-corrected chi connectivity index (χ1v) is 8.42. The predicted molar refractivity (Wildman–Crippen MR) is 90.9 cm³/mol. The van der Waals surface area contributed by atoms with Gasteiger partial charge in [0, 0.05) is 32.5 Å². The number of hydrogen-bond donors (Lipinski definition) is 0. The molecule has 2 heterocycles. The topological polar surface area (TPSA) is 60.2 Å². The van der Waals surface area contributed by atoms with Gasteiger partial charge in [-0.3, -0.25) is 4.79 Å². The van der Waals surface area contributed by atoms with Gasteiger partial charge < -0.3 is 14.2 Å². The van der Waals surface area contributed by atoms with E-state index in [4.69, 9.17) is 4.74 Å². The third-order valence-corrected chi connectivity index (χ3v) is 4.69. The van der Waals surface area contributed by atoms with Gasteiger partial charge in [0.15, 0.2) is 0 Å². The number of aryl methyl sites for hydroxylation is 2. The summed E-state index contributed by atoms with van der Waals surface area (Å²) in [7, 11) is 3.62. The van der Waals surface area contributed by atoms with Crippen molar-refractivity contribution in [2.45, 2.75) is 31.6 Å². The van der Waals surface area contributed by atoms with Crippen LogP contribution >= 0.6 is 0 Å². The minimum atomic E-state index is 0.202. The molecule has 1 aromatic heterocycles. The van der Waals surface area contributed by atoms with Crippen molar-refractivity contribution < 1.29 is 9.53 Å². The third-order valence-electron chi connectivity index (χ3n) is 4.69. The van der Waals surface area contributed by atoms with Gasteiger partial charge in [0.1, 0.15) is 17.9 Å². The lowest BCUT2D eigenvalue weighted by molar-refractivity contribution is -0.132. The van der Waals surface area contributed by atoms with E-state index >= 15 is 0 Å². The van der Waals surface area contributed by atoms with Gasteiger partial charge in [-0.25, -0.2) is 0 Å². The number of carbonyl (C=O) groups excluding carboxylic acids is 1. The van der Waals surface area contributed by atoms with Crippen LogP contribution in [0.25, 0.3) is 0 Å². The molecule has 0 unspecified atom stereocenters. The number of hydrogen-bond acceptors (Lipinski definition) is 4. The van der Waals surface area contributed by atoms with Crippen LogP contribution in [0.3, 0.4) is 0 Å². The van der Waals surface area contributed by atoms with E-state index in [-0.39, 0.29) is 11.8 Å². The highest BCUT2D eigenvalue weighted by Crippen LogP contribution is 2.26. The lowest BCUT2D eigenvalue weighted by Gasteiger charge is -2.32. The van der Waals surface area contributed by atoms with E-state index in [9.17, 15) is 4.79 Å². The predicted octanol–water partition coefficient (Wildman–Crippen LogP) is 2.16. The van der Waals surface area contributed by atoms with Crippen LogP contribution in [0.2, 0.25) is 0 Å². The Hall–Kier alpha value is -2.37. The van der Waals surface area contributed by atoms with Gasteiger partial charge in [0.25, 0.3) is 0 Å². The zero-order valence-corrected chi connectivity index (χ0v) is 14.3. The van der Waals surface area contributed by atoms with Crippen LogP contribution in [0.5, 0.6) is 5.75 Å². The lowest BCUT2D eigenvalue weighted by Crippen LogP contribution is -2.39. The van der Waals surface area contributed by atoms with Gasteiger partial charge in [-0.05, 0) is 30.9 Å². The maximum absolute atomic E-state index is 12.6. The number of nitrogens with zero attached hydrogens (tertiary/aromatic N) is 4. The molecule has 0 saturated carbocycles. The zero-order valence-electron chi connectivity index (χ0n) is 14.3. The summed E-state index contributed by atoms with van der Waals surface area (Å²) in [6.07, 6.45) is 5.00. The Kier molecular flexibility index (Phi) is 5.13. The molecule has 6 nitrogen and oxygen atoms in total. The largest absolute Gasteiger partial charge is 0.496 e. The van der Waals surface area contributed by atoms with Crippen LogP contribution in [-0.4, -0.2) is 45.8 Å². The summed E-state index contributed by atoms with van der Waals surface area (Å²) in [4.78, 5) is 14.6. The highest BCUT2D eigenvalue weighted by Gasteiger charge is 2.27. The second kappa shape index (κ2) is 7.47. The first-order chi connectivity index (χ1) is 11.7. The summed E-state index contributed by atoms with van der Waals surface area (Å²) in [5.41, 5.74) is 1.08. The molecule has 0 aliphatic carbocycles. The molecule has 3 rings (SSSR count). The maximum atomic E-state index is 12.6. The van der Waals surface area contributed by atoms with E-state index < -0.39 is 0 Å². The number of likely N-dealkylation sites (tertiary alicyclic amines) is 1. The fourth-order valence-corrected chi connectivity index (χ4v) is 3.39. The molecule has 1 aromatic carbocycles. The van der Waals surface area contributed by atoms with Crippen LogP contribution in [-0.2, 0) is 18.3 Å². The Morgan fingerprint density at radius 3 is 2.96 bits per heavy atom. The van der Waals surface area contributed by atoms with Crippen molar-refractivity contribution in [2.24, 2.45) is 7.05 Å². The standard InChI is InChI=1S/C18H24N4O2/c1-21-13-19-20-18(21)15-7-5-11-22(12-15)17(23)10-9-14-6-3-4-8-16(14)24-2/h3-4,6,8,13,15H,5,7,9-12H2,1-2H3/t15-/m1/s1. The van der Waals surface area contributed by atoms with Crippen LogP contribution in [0.15, 0.2) is 30.6 Å². The molecule has 6 heteroatoms. The fraction of sp³-hybridized carbons (Fsp3) is 0.500. The molecule has 1 saturated heterocycles. The minimum absolute atomic E-state index is 0.202. The average molecular weight is 328 g/mol. The molecule has 1 aliphatic heterocycles. The first kappa shape index (κ1) is 16.5. The van der Waals surface area contributed by atoms with E-state index in [1.54, 1.807) is 13.4 Å². The summed E-state index contributed by atoms with van der Waals surface area (Å²) in [5.74, 6) is 2.30. The van der Waals surface area contributed by atoms with Crippen LogP contribution in [0.4, 0.5) is 0 Å². The van der Waals surface area contributed by atoms with E-state index in [1.807, 2.05) is 40.8 Å². The van der Waals surface area contributed by atoms with Gasteiger partial charge in [0.05, 0.1) is 7.11 Å². The third kappa shape index (κ3) is 3.58. The normalized spacial score (nSPS) is 17.8. The molecule has 128 valence electrons. The van der Waals surface area contributed by atoms with Crippen molar-refractivity contribution >= 4 is 5.91 Å². The Morgan fingerprint density at radius 2 is 2.21 bits per heavy atom. The van der Waals surface area contributed by atoms with Gasteiger partial charge in [-0.1, -0.05) is 18.2 Å². The summed E-state index contributed by atoms with van der Waals surface area (Å²) < 4.78 is 7.31.